The molecule has 4 N–H and O–H groups in total. The molecule has 0 aliphatic rings. The number of halogens is 4. The first kappa shape index (κ1) is 21.4. The van der Waals surface area contributed by atoms with Gasteiger partial charge in [-0.25, -0.2) is 9.78 Å². The molecule has 2 aromatic carbocycles. The SMILES string of the molecule is Cc1cc(-c2ccc(NC(=O)Nc3ccc(Cl)c(C(F)(F)F)c3)cc2)c2c(N)onc2n1. The summed E-state index contributed by atoms with van der Waals surface area (Å²) in [5, 5.41) is 8.89. The van der Waals surface area contributed by atoms with Gasteiger partial charge >= 0.3 is 12.2 Å². The number of pyridine rings is 1. The van der Waals surface area contributed by atoms with Gasteiger partial charge in [0.15, 0.2) is 0 Å². The fourth-order valence-corrected chi connectivity index (χ4v) is 3.40. The van der Waals surface area contributed by atoms with E-state index < -0.39 is 22.8 Å². The number of urea groups is 1. The number of fused-ring (bicyclic) bond motifs is 1. The van der Waals surface area contributed by atoms with E-state index in [9.17, 15) is 18.0 Å². The normalized spacial score (nSPS) is 11.5. The van der Waals surface area contributed by atoms with Gasteiger partial charge in [-0.3, -0.25) is 0 Å². The zero-order valence-electron chi connectivity index (χ0n) is 16.4. The lowest BCUT2D eigenvalue weighted by molar-refractivity contribution is -0.137. The van der Waals surface area contributed by atoms with Gasteiger partial charge in [0.25, 0.3) is 0 Å². The number of aryl methyl sites for hydroxylation is 1. The van der Waals surface area contributed by atoms with Gasteiger partial charge in [-0.2, -0.15) is 13.2 Å². The number of anilines is 3. The van der Waals surface area contributed by atoms with Crippen molar-refractivity contribution in [2.75, 3.05) is 16.4 Å². The summed E-state index contributed by atoms with van der Waals surface area (Å²) in [6.07, 6.45) is -4.63. The molecular weight excluding hydrogens is 447 g/mol. The number of nitrogens with two attached hydrogens (primary N) is 1. The van der Waals surface area contributed by atoms with E-state index in [0.717, 1.165) is 29.0 Å². The Morgan fingerprint density at radius 2 is 1.72 bits per heavy atom. The van der Waals surface area contributed by atoms with E-state index in [4.69, 9.17) is 21.9 Å². The number of nitrogens with one attached hydrogen (secondary N) is 2. The summed E-state index contributed by atoms with van der Waals surface area (Å²) in [7, 11) is 0. The maximum Gasteiger partial charge on any atom is 0.417 e. The molecule has 0 unspecified atom stereocenters. The quantitative estimate of drug-likeness (QED) is 0.342. The van der Waals surface area contributed by atoms with Crippen LogP contribution >= 0.6 is 11.6 Å². The first-order valence-electron chi connectivity index (χ1n) is 9.19. The highest BCUT2D eigenvalue weighted by molar-refractivity contribution is 6.31. The third-order valence-electron chi connectivity index (χ3n) is 4.59. The van der Waals surface area contributed by atoms with Crippen LogP contribution < -0.4 is 16.4 Å². The standard InChI is InChI=1S/C21H15ClF3N5O2/c1-10-8-14(17-18(26)32-30-19(17)27-10)11-2-4-12(5-3-11)28-20(31)29-13-6-7-16(22)15(9-13)21(23,24)25/h2-9H,26H2,1H3,(H2,28,29,31). The van der Waals surface area contributed by atoms with Crippen LogP contribution in [-0.2, 0) is 6.18 Å². The second kappa shape index (κ2) is 8.04. The van der Waals surface area contributed by atoms with Gasteiger partial charge < -0.3 is 20.9 Å². The van der Waals surface area contributed by atoms with Crippen molar-refractivity contribution < 1.29 is 22.5 Å². The van der Waals surface area contributed by atoms with Gasteiger partial charge in [0.2, 0.25) is 11.5 Å². The second-order valence-corrected chi connectivity index (χ2v) is 7.31. The maximum atomic E-state index is 13.0. The molecule has 2 aromatic heterocycles. The van der Waals surface area contributed by atoms with E-state index in [-0.39, 0.29) is 11.6 Å². The monoisotopic (exact) mass is 461 g/mol. The van der Waals surface area contributed by atoms with E-state index in [1.54, 1.807) is 24.3 Å². The van der Waals surface area contributed by atoms with Gasteiger partial charge in [0.05, 0.1) is 16.0 Å². The molecule has 0 saturated carbocycles. The highest BCUT2D eigenvalue weighted by Crippen LogP contribution is 2.36. The molecule has 2 heterocycles. The van der Waals surface area contributed by atoms with Crippen molar-refractivity contribution in [2.24, 2.45) is 0 Å². The van der Waals surface area contributed by atoms with Crippen LogP contribution in [0.25, 0.3) is 22.2 Å². The number of hydrogen-bond acceptors (Lipinski definition) is 5. The summed E-state index contributed by atoms with van der Waals surface area (Å²) in [6.45, 7) is 1.81. The Hall–Kier alpha value is -3.79. The molecule has 32 heavy (non-hydrogen) atoms. The third kappa shape index (κ3) is 4.30. The Labute approximate surface area is 184 Å². The van der Waals surface area contributed by atoms with Crippen molar-refractivity contribution in [3.05, 3.63) is 64.8 Å². The number of benzene rings is 2. The average molecular weight is 462 g/mol. The van der Waals surface area contributed by atoms with Gasteiger partial charge in [-0.05, 0) is 48.9 Å². The van der Waals surface area contributed by atoms with Gasteiger partial charge in [-0.1, -0.05) is 28.9 Å². The lowest BCUT2D eigenvalue weighted by atomic mass is 10.0. The molecule has 0 aliphatic heterocycles. The van der Waals surface area contributed by atoms with Crippen molar-refractivity contribution in [3.8, 4) is 11.1 Å². The number of amides is 2. The van der Waals surface area contributed by atoms with Crippen LogP contribution in [0, 0.1) is 6.92 Å². The van der Waals surface area contributed by atoms with Crippen LogP contribution in [0.2, 0.25) is 5.02 Å². The van der Waals surface area contributed by atoms with Gasteiger partial charge in [-0.15, -0.1) is 0 Å². The number of nitrogen functional groups attached to an aromatic ring is 1. The van der Waals surface area contributed by atoms with E-state index in [0.29, 0.717) is 16.7 Å². The van der Waals surface area contributed by atoms with Crippen LogP contribution in [0.5, 0.6) is 0 Å². The molecule has 7 nitrogen and oxygen atoms in total. The maximum absolute atomic E-state index is 13.0. The molecule has 4 rings (SSSR count). The van der Waals surface area contributed by atoms with Crippen molar-refractivity contribution in [1.82, 2.24) is 10.1 Å². The number of aromatic nitrogens is 2. The minimum absolute atomic E-state index is 0.0477. The Morgan fingerprint density at radius 1 is 1.06 bits per heavy atom. The Bertz CT molecular complexity index is 1320. The van der Waals surface area contributed by atoms with Crippen molar-refractivity contribution in [2.45, 2.75) is 13.1 Å². The Morgan fingerprint density at radius 3 is 2.41 bits per heavy atom. The summed E-state index contributed by atoms with van der Waals surface area (Å²) in [5.74, 6) is 0.144. The molecule has 0 fully saturated rings. The average Bonchev–Trinajstić information content (AvgIpc) is 3.09. The van der Waals surface area contributed by atoms with Crippen molar-refractivity contribution >= 4 is 45.9 Å². The lowest BCUT2D eigenvalue weighted by Gasteiger charge is -2.12. The van der Waals surface area contributed by atoms with E-state index in [1.165, 1.54) is 6.07 Å². The van der Waals surface area contributed by atoms with Crippen LogP contribution in [0.4, 0.5) is 35.2 Å². The Balaban J connectivity index is 1.52. The van der Waals surface area contributed by atoms with Crippen LogP contribution in [-0.4, -0.2) is 16.2 Å². The number of hydrogen-bond donors (Lipinski definition) is 3. The zero-order chi connectivity index (χ0) is 23.0. The summed E-state index contributed by atoms with van der Waals surface area (Å²) in [6, 6.07) is 11.0. The van der Waals surface area contributed by atoms with Crippen LogP contribution in [0.1, 0.15) is 11.3 Å². The summed E-state index contributed by atoms with van der Waals surface area (Å²) >= 11 is 5.59. The summed E-state index contributed by atoms with van der Waals surface area (Å²) in [4.78, 5) is 16.5. The molecule has 11 heteroatoms. The zero-order valence-corrected chi connectivity index (χ0v) is 17.2. The third-order valence-corrected chi connectivity index (χ3v) is 4.92. The summed E-state index contributed by atoms with van der Waals surface area (Å²) in [5.41, 5.74) is 7.88. The van der Waals surface area contributed by atoms with E-state index in [1.807, 2.05) is 13.0 Å². The van der Waals surface area contributed by atoms with E-state index >= 15 is 0 Å². The van der Waals surface area contributed by atoms with Crippen molar-refractivity contribution in [1.29, 1.82) is 0 Å². The van der Waals surface area contributed by atoms with Gasteiger partial charge in [0, 0.05) is 22.6 Å². The van der Waals surface area contributed by atoms with Crippen LogP contribution in [0.3, 0.4) is 0 Å². The first-order valence-corrected chi connectivity index (χ1v) is 9.57. The van der Waals surface area contributed by atoms with Crippen molar-refractivity contribution in [3.63, 3.8) is 0 Å². The number of nitrogens with zero attached hydrogens (tertiary/aromatic N) is 2. The number of rotatable bonds is 3. The highest BCUT2D eigenvalue weighted by atomic mass is 35.5. The molecule has 2 amide bonds. The molecule has 0 atom stereocenters. The minimum atomic E-state index is -4.63. The molecule has 0 radical (unpaired) electrons. The molecule has 0 bridgehead atoms. The molecule has 164 valence electrons. The van der Waals surface area contributed by atoms with Crippen LogP contribution in [0.15, 0.2) is 53.1 Å². The highest BCUT2D eigenvalue weighted by Gasteiger charge is 2.33. The minimum Gasteiger partial charge on any atom is -0.367 e. The fraction of sp³-hybridized carbons (Fsp3) is 0.0952. The topological polar surface area (TPSA) is 106 Å². The van der Waals surface area contributed by atoms with Gasteiger partial charge in [0.1, 0.15) is 0 Å². The first-order chi connectivity index (χ1) is 15.1. The summed E-state index contributed by atoms with van der Waals surface area (Å²) < 4.78 is 44.0. The molecule has 4 aromatic rings. The van der Waals surface area contributed by atoms with E-state index in [2.05, 4.69) is 20.8 Å². The number of alkyl halides is 3. The molecular formula is C21H15ClF3N5O2. The predicted molar refractivity (Wildman–Crippen MR) is 115 cm³/mol. The Kier molecular flexibility index (Phi) is 5.39. The molecule has 0 spiro atoms. The largest absolute Gasteiger partial charge is 0.417 e. The molecule has 0 aliphatic carbocycles. The predicted octanol–water partition coefficient (Wildman–Crippen LogP) is 6.10. The fourth-order valence-electron chi connectivity index (χ4n) is 3.18. The lowest BCUT2D eigenvalue weighted by Crippen LogP contribution is -2.19. The number of carbonyl (C=O) groups excluding carboxylic acids is 1. The smallest absolute Gasteiger partial charge is 0.367 e. The second-order valence-electron chi connectivity index (χ2n) is 6.91. The number of carbonyl (C=O) groups is 1. The molecule has 0 saturated heterocycles.